The second-order valence-corrected chi connectivity index (χ2v) is 7.11. The van der Waals surface area contributed by atoms with E-state index in [2.05, 4.69) is 0 Å². The first-order valence-electron chi connectivity index (χ1n) is 6.82. The van der Waals surface area contributed by atoms with Gasteiger partial charge in [0.15, 0.2) is 9.84 Å². The summed E-state index contributed by atoms with van der Waals surface area (Å²) in [5.41, 5.74) is 0.751. The van der Waals surface area contributed by atoms with Gasteiger partial charge in [0.1, 0.15) is 0 Å². The molecule has 0 spiro atoms. The molecule has 7 nitrogen and oxygen atoms in total. The average Bonchev–Trinajstić information content (AvgIpc) is 2.78. The average molecular weight is 344 g/mol. The molecule has 2 aromatic rings. The zero-order valence-corrected chi connectivity index (χ0v) is 12.9. The fourth-order valence-corrected chi connectivity index (χ4v) is 3.49. The van der Waals surface area contributed by atoms with E-state index in [4.69, 9.17) is 0 Å². The molecular weight excluding hydrogens is 334 g/mol. The van der Waals surface area contributed by atoms with Crippen LogP contribution in [0.2, 0.25) is 0 Å². The Morgan fingerprint density at radius 2 is 1.42 bits per heavy atom. The lowest BCUT2D eigenvalue weighted by Gasteiger charge is -2.14. The Kier molecular flexibility index (Phi) is 3.69. The third-order valence-electron chi connectivity index (χ3n) is 3.56. The van der Waals surface area contributed by atoms with E-state index in [9.17, 15) is 27.9 Å². The van der Waals surface area contributed by atoms with E-state index < -0.39 is 33.4 Å². The highest BCUT2D eigenvalue weighted by Gasteiger charge is 2.36. The van der Waals surface area contributed by atoms with Crippen LogP contribution < -0.4 is 10.0 Å². The highest BCUT2D eigenvalue weighted by molar-refractivity contribution is 7.92. The normalized spacial score (nSPS) is 13.9. The fraction of sp³-hybridized carbons (Fsp3) is 0.0625. The Balaban J connectivity index is 1.95. The summed E-state index contributed by atoms with van der Waals surface area (Å²) in [6, 6.07) is 11.2. The van der Waals surface area contributed by atoms with Crippen molar-refractivity contribution in [1.29, 1.82) is 0 Å². The molecule has 122 valence electrons. The molecule has 0 fully saturated rings. The van der Waals surface area contributed by atoms with E-state index >= 15 is 0 Å². The number of imide groups is 1. The summed E-state index contributed by atoms with van der Waals surface area (Å²) in [6.45, 7) is 0. The predicted molar refractivity (Wildman–Crippen MR) is 81.1 cm³/mol. The minimum absolute atomic E-state index is 0.202. The second kappa shape index (κ2) is 5.57. The molecule has 0 N–H and O–H groups in total. The molecule has 0 unspecified atom stereocenters. The third-order valence-corrected chi connectivity index (χ3v) is 5.16. The van der Waals surface area contributed by atoms with Crippen molar-refractivity contribution >= 4 is 33.3 Å². The molecule has 1 aliphatic heterocycles. The molecule has 0 radical (unpaired) electrons. The van der Waals surface area contributed by atoms with Gasteiger partial charge < -0.3 is 9.90 Å². The molecule has 1 heterocycles. The molecule has 0 saturated carbocycles. The molecule has 24 heavy (non-hydrogen) atoms. The van der Waals surface area contributed by atoms with E-state index in [1.54, 1.807) is 12.1 Å². The van der Waals surface area contributed by atoms with Crippen molar-refractivity contribution in [3.63, 3.8) is 0 Å². The first kappa shape index (κ1) is 15.9. The molecule has 0 aliphatic carbocycles. The van der Waals surface area contributed by atoms with Crippen molar-refractivity contribution in [2.45, 2.75) is 4.90 Å². The number of hydrogen-bond acceptors (Lipinski definition) is 6. The largest absolute Gasteiger partial charge is 0.549 e. The molecule has 0 saturated heterocycles. The molecular formula is C16H10NO6S-. The molecule has 0 aromatic heterocycles. The maximum absolute atomic E-state index is 12.3. The fourth-order valence-electron chi connectivity index (χ4n) is 2.46. The second-order valence-electron chi connectivity index (χ2n) is 5.12. The van der Waals surface area contributed by atoms with Gasteiger partial charge in [-0.05, 0) is 36.4 Å². The maximum Gasteiger partial charge on any atom is 0.266 e. The van der Waals surface area contributed by atoms with E-state index in [1.165, 1.54) is 24.3 Å². The first-order chi connectivity index (χ1) is 11.3. The molecule has 8 heteroatoms. The van der Waals surface area contributed by atoms with E-state index in [-0.39, 0.29) is 21.7 Å². The lowest BCUT2D eigenvalue weighted by atomic mass is 10.1. The van der Waals surface area contributed by atoms with Crippen LogP contribution >= 0.6 is 0 Å². The summed E-state index contributed by atoms with van der Waals surface area (Å²) in [5.74, 6) is -3.85. The molecule has 0 bridgehead atoms. The summed E-state index contributed by atoms with van der Waals surface area (Å²) >= 11 is 0. The number of anilines is 1. The van der Waals surface area contributed by atoms with Crippen molar-refractivity contribution in [2.75, 3.05) is 10.7 Å². The highest BCUT2D eigenvalue weighted by Crippen LogP contribution is 2.29. The van der Waals surface area contributed by atoms with Gasteiger partial charge in [-0.2, -0.15) is 0 Å². The summed E-state index contributed by atoms with van der Waals surface area (Å²) in [6.07, 6.45) is 0. The lowest BCUT2D eigenvalue weighted by Crippen LogP contribution is -2.31. The maximum atomic E-state index is 12.3. The van der Waals surface area contributed by atoms with Crippen LogP contribution in [-0.4, -0.2) is 32.0 Å². The van der Waals surface area contributed by atoms with Gasteiger partial charge >= 0.3 is 0 Å². The van der Waals surface area contributed by atoms with Gasteiger partial charge in [0.25, 0.3) is 11.8 Å². The van der Waals surface area contributed by atoms with Gasteiger partial charge in [0.2, 0.25) is 0 Å². The Morgan fingerprint density at radius 1 is 0.917 bits per heavy atom. The van der Waals surface area contributed by atoms with Crippen LogP contribution in [0, 0.1) is 0 Å². The molecule has 1 aliphatic rings. The lowest BCUT2D eigenvalue weighted by molar-refractivity contribution is -0.301. The molecule has 2 aromatic carbocycles. The van der Waals surface area contributed by atoms with Gasteiger partial charge in [-0.15, -0.1) is 0 Å². The van der Waals surface area contributed by atoms with Crippen molar-refractivity contribution in [1.82, 2.24) is 0 Å². The monoisotopic (exact) mass is 344 g/mol. The predicted octanol–water partition coefficient (Wildman–Crippen LogP) is 0.0108. The van der Waals surface area contributed by atoms with Crippen molar-refractivity contribution in [3.8, 4) is 0 Å². The van der Waals surface area contributed by atoms with Gasteiger partial charge in [-0.3, -0.25) is 9.59 Å². The van der Waals surface area contributed by atoms with Crippen LogP contribution in [0.3, 0.4) is 0 Å². The summed E-state index contributed by atoms with van der Waals surface area (Å²) in [4.78, 5) is 35.9. The van der Waals surface area contributed by atoms with Crippen molar-refractivity contribution < 1.29 is 27.9 Å². The van der Waals surface area contributed by atoms with Crippen LogP contribution in [-0.2, 0) is 14.6 Å². The topological polar surface area (TPSA) is 112 Å². The third kappa shape index (κ3) is 2.56. The standard InChI is InChI=1S/C16H11NO6S/c18-14(19)9-24(22,23)11-7-5-10(6-8-11)17-15(20)12-3-1-2-4-13(12)16(17)21/h1-8H,9H2,(H,18,19)/p-1. The SMILES string of the molecule is O=C([O-])CS(=O)(=O)c1ccc(N2C(=O)c3ccccc3C2=O)cc1. The highest BCUT2D eigenvalue weighted by atomic mass is 32.2. The number of carboxylic acid groups (broad SMARTS) is 1. The Hall–Kier alpha value is -3.00. The Bertz CT molecular complexity index is 927. The van der Waals surface area contributed by atoms with Crippen LogP contribution in [0.4, 0.5) is 5.69 Å². The van der Waals surface area contributed by atoms with E-state index in [0.29, 0.717) is 0 Å². The van der Waals surface area contributed by atoms with Crippen LogP contribution in [0.1, 0.15) is 20.7 Å². The molecule has 2 amide bonds. The number of nitrogens with zero attached hydrogens (tertiary/aromatic N) is 1. The smallest absolute Gasteiger partial charge is 0.266 e. The number of carboxylic acids is 1. The van der Waals surface area contributed by atoms with Crippen LogP contribution in [0.15, 0.2) is 53.4 Å². The summed E-state index contributed by atoms with van der Waals surface area (Å²) in [5, 5.41) is 10.5. The number of hydrogen-bond donors (Lipinski definition) is 0. The van der Waals surface area contributed by atoms with E-state index in [0.717, 1.165) is 17.0 Å². The van der Waals surface area contributed by atoms with Gasteiger partial charge in [-0.1, -0.05) is 12.1 Å². The number of sulfone groups is 1. The number of fused-ring (bicyclic) bond motifs is 1. The van der Waals surface area contributed by atoms with Gasteiger partial charge in [0, 0.05) is 0 Å². The van der Waals surface area contributed by atoms with Crippen molar-refractivity contribution in [2.24, 2.45) is 0 Å². The number of carbonyl (C=O) groups is 3. The summed E-state index contributed by atoms with van der Waals surface area (Å²) < 4.78 is 23.6. The zero-order valence-electron chi connectivity index (χ0n) is 12.1. The van der Waals surface area contributed by atoms with Crippen LogP contribution in [0.25, 0.3) is 0 Å². The summed E-state index contributed by atoms with van der Waals surface area (Å²) in [7, 11) is -4.03. The minimum atomic E-state index is -4.03. The zero-order chi connectivity index (χ0) is 17.5. The number of amides is 2. The Morgan fingerprint density at radius 3 is 1.88 bits per heavy atom. The number of carbonyl (C=O) groups excluding carboxylic acids is 3. The first-order valence-corrected chi connectivity index (χ1v) is 8.47. The van der Waals surface area contributed by atoms with Crippen molar-refractivity contribution in [3.05, 3.63) is 59.7 Å². The molecule has 0 atom stereocenters. The quantitative estimate of drug-likeness (QED) is 0.722. The minimum Gasteiger partial charge on any atom is -0.549 e. The molecule has 3 rings (SSSR count). The number of aliphatic carboxylic acids is 1. The van der Waals surface area contributed by atoms with Gasteiger partial charge in [0.05, 0.1) is 33.4 Å². The van der Waals surface area contributed by atoms with Crippen LogP contribution in [0.5, 0.6) is 0 Å². The Labute approximate surface area is 137 Å². The number of rotatable bonds is 4. The van der Waals surface area contributed by atoms with Gasteiger partial charge in [-0.25, -0.2) is 13.3 Å². The van der Waals surface area contributed by atoms with E-state index in [1.807, 2.05) is 0 Å². The number of benzene rings is 2.